The fourth-order valence-corrected chi connectivity index (χ4v) is 5.44. The molecule has 1 aliphatic carbocycles. The maximum Gasteiger partial charge on any atom is 0.110 e. The SMILES string of the molecule is CSC[C@@H]1CC2c3cccc4[nH]c(Cl)c(c34)C[C@H]2N(C)C1. The number of nitrogens with one attached hydrogen (secondary N) is 1. The van der Waals surface area contributed by atoms with Gasteiger partial charge in [-0.25, -0.2) is 0 Å². The fraction of sp³-hybridized carbons (Fsp3) is 0.529. The largest absolute Gasteiger partial charge is 0.345 e. The third-order valence-electron chi connectivity index (χ3n) is 5.29. The molecule has 0 spiro atoms. The van der Waals surface area contributed by atoms with Crippen molar-refractivity contribution in [3.8, 4) is 0 Å². The molecule has 1 aromatic carbocycles. The summed E-state index contributed by atoms with van der Waals surface area (Å²) in [5.41, 5.74) is 4.05. The molecule has 1 N–H and O–H groups in total. The molecule has 2 aromatic rings. The predicted molar refractivity (Wildman–Crippen MR) is 92.7 cm³/mol. The number of halogens is 1. The van der Waals surface area contributed by atoms with E-state index in [1.165, 1.54) is 40.7 Å². The van der Waals surface area contributed by atoms with E-state index in [0.29, 0.717) is 12.0 Å². The lowest BCUT2D eigenvalue weighted by atomic mass is 9.73. The molecule has 1 aliphatic heterocycles. The number of piperidine rings is 1. The van der Waals surface area contributed by atoms with Crippen molar-refractivity contribution in [2.45, 2.75) is 24.8 Å². The van der Waals surface area contributed by atoms with Crippen LogP contribution in [0.4, 0.5) is 0 Å². The van der Waals surface area contributed by atoms with E-state index < -0.39 is 0 Å². The van der Waals surface area contributed by atoms with Crippen molar-refractivity contribution in [2.75, 3.05) is 25.6 Å². The lowest BCUT2D eigenvalue weighted by molar-refractivity contribution is 0.121. The van der Waals surface area contributed by atoms with Gasteiger partial charge in [-0.05, 0) is 55.0 Å². The van der Waals surface area contributed by atoms with Crippen LogP contribution in [0.2, 0.25) is 5.15 Å². The van der Waals surface area contributed by atoms with E-state index in [4.69, 9.17) is 11.6 Å². The third kappa shape index (κ3) is 2.13. The minimum Gasteiger partial charge on any atom is -0.345 e. The molecule has 1 fully saturated rings. The lowest BCUT2D eigenvalue weighted by Crippen LogP contribution is -2.48. The second-order valence-electron chi connectivity index (χ2n) is 6.56. The van der Waals surface area contributed by atoms with Crippen molar-refractivity contribution in [1.82, 2.24) is 9.88 Å². The Morgan fingerprint density at radius 3 is 3.10 bits per heavy atom. The van der Waals surface area contributed by atoms with Crippen molar-refractivity contribution in [3.05, 3.63) is 34.5 Å². The third-order valence-corrected chi connectivity index (χ3v) is 6.41. The quantitative estimate of drug-likeness (QED) is 0.896. The van der Waals surface area contributed by atoms with Crippen molar-refractivity contribution < 1.29 is 0 Å². The van der Waals surface area contributed by atoms with E-state index in [1.54, 1.807) is 0 Å². The summed E-state index contributed by atoms with van der Waals surface area (Å²) in [6, 6.07) is 7.26. The fourth-order valence-electron chi connectivity index (χ4n) is 4.45. The summed E-state index contributed by atoms with van der Waals surface area (Å²) in [6.07, 6.45) is 4.62. The molecule has 3 atom stereocenters. The van der Waals surface area contributed by atoms with Gasteiger partial charge in [0.15, 0.2) is 0 Å². The van der Waals surface area contributed by atoms with Crippen LogP contribution in [0, 0.1) is 5.92 Å². The Morgan fingerprint density at radius 2 is 2.29 bits per heavy atom. The van der Waals surface area contributed by atoms with Crippen LogP contribution < -0.4 is 0 Å². The number of aromatic amines is 1. The molecule has 0 radical (unpaired) electrons. The first kappa shape index (κ1) is 14.0. The number of H-pyrrole nitrogens is 1. The molecule has 1 unspecified atom stereocenters. The molecule has 2 heterocycles. The molecule has 4 heteroatoms. The standard InChI is InChI=1S/C17H21ClN2S/c1-20-8-10(9-21-2)6-12-11-4-3-5-14-16(11)13(7-15(12)20)17(18)19-14/h3-5,10,12,15,19H,6-9H2,1-2H3/t10-,12?,15-/m1/s1. The van der Waals surface area contributed by atoms with Crippen LogP contribution in [0.3, 0.4) is 0 Å². The normalized spacial score (nSPS) is 28.8. The second-order valence-corrected chi connectivity index (χ2v) is 7.85. The summed E-state index contributed by atoms with van der Waals surface area (Å²) >= 11 is 8.43. The van der Waals surface area contributed by atoms with Gasteiger partial charge in [0.25, 0.3) is 0 Å². The van der Waals surface area contributed by atoms with E-state index in [1.807, 2.05) is 11.8 Å². The van der Waals surface area contributed by atoms with Crippen LogP contribution in [-0.2, 0) is 6.42 Å². The maximum atomic E-state index is 6.45. The van der Waals surface area contributed by atoms with Crippen molar-refractivity contribution in [1.29, 1.82) is 0 Å². The number of rotatable bonds is 2. The number of benzene rings is 1. The zero-order chi connectivity index (χ0) is 14.6. The molecular formula is C17H21ClN2S. The van der Waals surface area contributed by atoms with Crippen LogP contribution in [0.5, 0.6) is 0 Å². The number of hydrogen-bond donors (Lipinski definition) is 1. The molecule has 1 saturated heterocycles. The minimum absolute atomic E-state index is 0.606. The zero-order valence-electron chi connectivity index (χ0n) is 12.5. The number of likely N-dealkylation sites (N-methyl/N-ethyl adjacent to an activating group) is 1. The first-order chi connectivity index (χ1) is 10.2. The average Bonchev–Trinajstić information content (AvgIpc) is 2.78. The molecule has 0 bridgehead atoms. The Hall–Kier alpha value is -0.640. The Balaban J connectivity index is 1.82. The van der Waals surface area contributed by atoms with Gasteiger partial charge in [-0.3, -0.25) is 0 Å². The summed E-state index contributed by atoms with van der Waals surface area (Å²) in [6.45, 7) is 1.22. The highest BCUT2D eigenvalue weighted by Gasteiger charge is 2.39. The molecule has 2 nitrogen and oxygen atoms in total. The topological polar surface area (TPSA) is 19.0 Å². The Bertz CT molecular complexity index is 681. The van der Waals surface area contributed by atoms with Crippen molar-refractivity contribution >= 4 is 34.3 Å². The van der Waals surface area contributed by atoms with Crippen LogP contribution >= 0.6 is 23.4 Å². The first-order valence-electron chi connectivity index (χ1n) is 7.67. The molecular weight excluding hydrogens is 300 g/mol. The van der Waals surface area contributed by atoms with E-state index >= 15 is 0 Å². The maximum absolute atomic E-state index is 6.45. The highest BCUT2D eigenvalue weighted by atomic mass is 35.5. The van der Waals surface area contributed by atoms with Gasteiger partial charge in [-0.1, -0.05) is 23.7 Å². The predicted octanol–water partition coefficient (Wildman–Crippen LogP) is 4.14. The van der Waals surface area contributed by atoms with Crippen LogP contribution in [0.1, 0.15) is 23.5 Å². The number of hydrogen-bond acceptors (Lipinski definition) is 2. The van der Waals surface area contributed by atoms with Gasteiger partial charge in [0.05, 0.1) is 0 Å². The highest BCUT2D eigenvalue weighted by Crippen LogP contribution is 2.46. The summed E-state index contributed by atoms with van der Waals surface area (Å²) in [5, 5.41) is 2.25. The Kier molecular flexibility index (Phi) is 3.48. The smallest absolute Gasteiger partial charge is 0.110 e. The van der Waals surface area contributed by atoms with E-state index in [0.717, 1.165) is 17.5 Å². The lowest BCUT2D eigenvalue weighted by Gasteiger charge is -2.45. The molecule has 4 rings (SSSR count). The van der Waals surface area contributed by atoms with Gasteiger partial charge in [0.2, 0.25) is 0 Å². The molecule has 0 amide bonds. The van der Waals surface area contributed by atoms with Crippen LogP contribution in [0.15, 0.2) is 18.2 Å². The zero-order valence-corrected chi connectivity index (χ0v) is 14.1. The van der Waals surface area contributed by atoms with Crippen LogP contribution in [0.25, 0.3) is 10.9 Å². The summed E-state index contributed by atoms with van der Waals surface area (Å²) < 4.78 is 0. The highest BCUT2D eigenvalue weighted by molar-refractivity contribution is 7.98. The van der Waals surface area contributed by atoms with Crippen molar-refractivity contribution in [2.24, 2.45) is 5.92 Å². The summed E-state index contributed by atoms with van der Waals surface area (Å²) in [4.78, 5) is 5.93. The number of fused-ring (bicyclic) bond motifs is 2. The molecule has 0 saturated carbocycles. The number of likely N-dealkylation sites (tertiary alicyclic amines) is 1. The van der Waals surface area contributed by atoms with Crippen LogP contribution in [-0.4, -0.2) is 41.5 Å². The van der Waals surface area contributed by atoms with Gasteiger partial charge in [0, 0.05) is 29.4 Å². The second kappa shape index (κ2) is 5.22. The van der Waals surface area contributed by atoms with E-state index in [9.17, 15) is 0 Å². The minimum atomic E-state index is 0.606. The van der Waals surface area contributed by atoms with Gasteiger partial charge < -0.3 is 9.88 Å². The van der Waals surface area contributed by atoms with E-state index in [2.05, 4.69) is 41.4 Å². The number of thioether (sulfide) groups is 1. The molecule has 1 aromatic heterocycles. The summed E-state index contributed by atoms with van der Waals surface area (Å²) in [5.74, 6) is 2.73. The number of aromatic nitrogens is 1. The van der Waals surface area contributed by atoms with Gasteiger partial charge in [-0.2, -0.15) is 11.8 Å². The van der Waals surface area contributed by atoms with E-state index in [-0.39, 0.29) is 0 Å². The Labute approximate surface area is 135 Å². The summed E-state index contributed by atoms with van der Waals surface area (Å²) in [7, 11) is 2.29. The van der Waals surface area contributed by atoms with Gasteiger partial charge >= 0.3 is 0 Å². The molecule has 112 valence electrons. The van der Waals surface area contributed by atoms with Crippen molar-refractivity contribution in [3.63, 3.8) is 0 Å². The number of nitrogens with zero attached hydrogens (tertiary/aromatic N) is 1. The average molecular weight is 321 g/mol. The monoisotopic (exact) mass is 320 g/mol. The molecule has 21 heavy (non-hydrogen) atoms. The van der Waals surface area contributed by atoms with Gasteiger partial charge in [-0.15, -0.1) is 0 Å². The first-order valence-corrected chi connectivity index (χ1v) is 9.44. The Morgan fingerprint density at radius 1 is 1.43 bits per heavy atom. The van der Waals surface area contributed by atoms with Gasteiger partial charge in [0.1, 0.15) is 5.15 Å². The molecule has 2 aliphatic rings.